The zero-order valence-electron chi connectivity index (χ0n) is 16.4. The van der Waals surface area contributed by atoms with Crippen LogP contribution in [0.4, 0.5) is 0 Å². The highest BCUT2D eigenvalue weighted by molar-refractivity contribution is 9.50. The van der Waals surface area contributed by atoms with Crippen molar-refractivity contribution in [3.63, 3.8) is 0 Å². The van der Waals surface area contributed by atoms with E-state index in [1.807, 2.05) is 19.1 Å². The van der Waals surface area contributed by atoms with Crippen LogP contribution in [0.5, 0.6) is 0 Å². The SMILES string of the molecule is CCc1nc2c(c3c1C(=O)C(c1ccc(SBr)cc1)=CC3=O)c(=O)n(C)c(=O)n2C. The van der Waals surface area contributed by atoms with Gasteiger partial charge in [-0.1, -0.05) is 19.1 Å². The third kappa shape index (κ3) is 2.92. The highest BCUT2D eigenvalue weighted by Crippen LogP contribution is 2.33. The van der Waals surface area contributed by atoms with Gasteiger partial charge in [-0.2, -0.15) is 0 Å². The Morgan fingerprint density at radius 3 is 2.27 bits per heavy atom. The highest BCUT2D eigenvalue weighted by Gasteiger charge is 2.33. The van der Waals surface area contributed by atoms with Gasteiger partial charge in [0.1, 0.15) is 5.65 Å². The quantitative estimate of drug-likeness (QED) is 0.566. The fourth-order valence-corrected chi connectivity index (χ4v) is 4.57. The minimum Gasteiger partial charge on any atom is -0.289 e. The fourth-order valence-electron chi connectivity index (χ4n) is 3.69. The maximum absolute atomic E-state index is 13.4. The lowest BCUT2D eigenvalue weighted by molar-refractivity contribution is 0.100. The van der Waals surface area contributed by atoms with Gasteiger partial charge in [0.25, 0.3) is 5.56 Å². The van der Waals surface area contributed by atoms with Gasteiger partial charge >= 0.3 is 5.69 Å². The topological polar surface area (TPSA) is 91.0 Å². The molecule has 1 aromatic carbocycles. The smallest absolute Gasteiger partial charge is 0.289 e. The van der Waals surface area contributed by atoms with Gasteiger partial charge in [-0.05, 0) is 55.2 Å². The lowest BCUT2D eigenvalue weighted by Crippen LogP contribution is -2.39. The summed E-state index contributed by atoms with van der Waals surface area (Å²) in [4.78, 5) is 57.2. The number of aryl methyl sites for hydroxylation is 2. The summed E-state index contributed by atoms with van der Waals surface area (Å²) in [5, 5.41) is -0.00788. The summed E-state index contributed by atoms with van der Waals surface area (Å²) < 4.78 is 2.15. The van der Waals surface area contributed by atoms with Crippen molar-refractivity contribution in [2.24, 2.45) is 14.1 Å². The number of aromatic nitrogens is 3. The number of hydrogen-bond acceptors (Lipinski definition) is 6. The van der Waals surface area contributed by atoms with Crippen LogP contribution >= 0.6 is 25.0 Å². The molecule has 7 nitrogen and oxygen atoms in total. The molecule has 30 heavy (non-hydrogen) atoms. The van der Waals surface area contributed by atoms with Gasteiger partial charge < -0.3 is 0 Å². The van der Waals surface area contributed by atoms with Crippen LogP contribution in [0.25, 0.3) is 16.6 Å². The van der Waals surface area contributed by atoms with Crippen LogP contribution in [0.15, 0.2) is 44.8 Å². The van der Waals surface area contributed by atoms with E-state index >= 15 is 0 Å². The first-order chi connectivity index (χ1) is 14.3. The van der Waals surface area contributed by atoms with Crippen molar-refractivity contribution in [1.82, 2.24) is 14.1 Å². The molecular formula is C21H16BrN3O4S. The Labute approximate surface area is 182 Å². The summed E-state index contributed by atoms with van der Waals surface area (Å²) in [6.07, 6.45) is 1.64. The van der Waals surface area contributed by atoms with E-state index in [4.69, 9.17) is 0 Å². The number of pyridine rings is 1. The number of rotatable bonds is 3. The summed E-state index contributed by atoms with van der Waals surface area (Å²) in [6, 6.07) is 7.23. The number of carbonyl (C=O) groups is 2. The predicted octanol–water partition coefficient (Wildman–Crippen LogP) is 3.06. The summed E-state index contributed by atoms with van der Waals surface area (Å²) in [6.45, 7) is 1.81. The largest absolute Gasteiger partial charge is 0.332 e. The number of hydrogen-bond donors (Lipinski definition) is 0. The monoisotopic (exact) mass is 485 g/mol. The van der Waals surface area contributed by atoms with Crippen LogP contribution in [0.2, 0.25) is 0 Å². The number of carbonyl (C=O) groups excluding carboxylic acids is 2. The first-order valence-corrected chi connectivity index (χ1v) is 11.8. The number of nitrogens with zero attached hydrogens (tertiary/aromatic N) is 3. The second kappa shape index (κ2) is 7.48. The number of Topliss-reactive ketones (excluding diaryl/α,β-unsaturated/α-hetero) is 1. The zero-order valence-corrected chi connectivity index (χ0v) is 18.8. The Morgan fingerprint density at radius 2 is 1.67 bits per heavy atom. The van der Waals surface area contributed by atoms with Crippen molar-refractivity contribution >= 4 is 53.2 Å². The Bertz CT molecular complexity index is 1400. The van der Waals surface area contributed by atoms with Crippen LogP contribution in [0.3, 0.4) is 0 Å². The Balaban J connectivity index is 2.07. The maximum atomic E-state index is 13.4. The van der Waals surface area contributed by atoms with Crippen LogP contribution in [-0.4, -0.2) is 25.7 Å². The highest BCUT2D eigenvalue weighted by atomic mass is 79.9. The summed E-state index contributed by atoms with van der Waals surface area (Å²) in [7, 11) is 4.22. The van der Waals surface area contributed by atoms with Crippen molar-refractivity contribution in [3.8, 4) is 0 Å². The third-order valence-corrected chi connectivity index (χ3v) is 6.82. The summed E-state index contributed by atoms with van der Waals surface area (Å²) in [5.74, 6) is -0.803. The van der Waals surface area contributed by atoms with E-state index in [9.17, 15) is 19.2 Å². The molecule has 0 fully saturated rings. The van der Waals surface area contributed by atoms with Crippen molar-refractivity contribution in [1.29, 1.82) is 0 Å². The fraction of sp³-hybridized carbons (Fsp3) is 0.190. The Morgan fingerprint density at radius 1 is 1.00 bits per heavy atom. The van der Waals surface area contributed by atoms with E-state index < -0.39 is 17.0 Å². The molecule has 0 spiro atoms. The molecule has 0 bridgehead atoms. The first kappa shape index (κ1) is 20.5. The van der Waals surface area contributed by atoms with Gasteiger partial charge in [0.2, 0.25) is 0 Å². The minimum atomic E-state index is -0.642. The normalized spacial score (nSPS) is 13.5. The Kier molecular flexibility index (Phi) is 5.11. The molecule has 0 amide bonds. The van der Waals surface area contributed by atoms with Crippen molar-refractivity contribution in [2.45, 2.75) is 18.2 Å². The van der Waals surface area contributed by atoms with Crippen LogP contribution in [-0.2, 0) is 20.5 Å². The van der Waals surface area contributed by atoms with Gasteiger partial charge in [-0.15, -0.1) is 0 Å². The predicted molar refractivity (Wildman–Crippen MR) is 119 cm³/mol. The molecular weight excluding hydrogens is 470 g/mol. The van der Waals surface area contributed by atoms with E-state index in [-0.39, 0.29) is 33.5 Å². The molecule has 1 aliphatic rings. The molecule has 0 unspecified atom stereocenters. The molecule has 1 aliphatic carbocycles. The van der Waals surface area contributed by atoms with Gasteiger partial charge in [0.05, 0.1) is 22.2 Å². The van der Waals surface area contributed by atoms with E-state index in [0.717, 1.165) is 9.46 Å². The molecule has 4 rings (SSSR count). The van der Waals surface area contributed by atoms with E-state index in [1.165, 1.54) is 34.9 Å². The lowest BCUT2D eigenvalue weighted by atomic mass is 9.83. The van der Waals surface area contributed by atoms with E-state index in [0.29, 0.717) is 17.7 Å². The number of fused-ring (bicyclic) bond motifs is 3. The second-order valence-corrected chi connectivity index (χ2v) is 8.52. The van der Waals surface area contributed by atoms with Gasteiger partial charge in [-0.3, -0.25) is 23.5 Å². The van der Waals surface area contributed by atoms with Crippen molar-refractivity contribution in [2.75, 3.05) is 0 Å². The second-order valence-electron chi connectivity index (χ2n) is 6.92. The standard InChI is InChI=1S/C21H16BrN3O4S/c1-4-13-15-16(17-19(23-13)24(2)21(29)25(3)20(17)28)14(26)9-12(18(15)27)10-5-7-11(30-22)8-6-10/h5-9H,4H2,1-3H3. The average Bonchev–Trinajstić information content (AvgIpc) is 2.77. The number of benzene rings is 1. The molecule has 3 aromatic rings. The average molecular weight is 486 g/mol. The lowest BCUT2D eigenvalue weighted by Gasteiger charge is -2.20. The zero-order chi connectivity index (χ0) is 21.7. The van der Waals surface area contributed by atoms with Crippen molar-refractivity contribution in [3.05, 3.63) is 73.6 Å². The van der Waals surface area contributed by atoms with E-state index in [1.54, 1.807) is 12.1 Å². The maximum Gasteiger partial charge on any atom is 0.332 e. The number of ketones is 2. The molecule has 0 atom stereocenters. The van der Waals surface area contributed by atoms with Crippen molar-refractivity contribution < 1.29 is 9.59 Å². The molecule has 152 valence electrons. The van der Waals surface area contributed by atoms with Gasteiger partial charge in [0, 0.05) is 24.6 Å². The summed E-state index contributed by atoms with van der Waals surface area (Å²) in [5.41, 5.74) is 0.342. The van der Waals surface area contributed by atoms with Crippen LogP contribution < -0.4 is 11.2 Å². The summed E-state index contributed by atoms with van der Waals surface area (Å²) >= 11 is 3.30. The minimum absolute atomic E-state index is 0.00788. The molecule has 9 heteroatoms. The molecule has 0 N–H and O–H groups in total. The number of allylic oxidation sites excluding steroid dienone is 2. The first-order valence-electron chi connectivity index (χ1n) is 9.12. The molecule has 2 aromatic heterocycles. The molecule has 2 heterocycles. The molecule has 0 saturated carbocycles. The molecule has 0 aliphatic heterocycles. The Hall–Kier alpha value is -2.78. The van der Waals surface area contributed by atoms with Crippen LogP contribution in [0, 0.1) is 0 Å². The van der Waals surface area contributed by atoms with Crippen LogP contribution in [0.1, 0.15) is 38.9 Å². The number of halogens is 1. The molecule has 0 radical (unpaired) electrons. The van der Waals surface area contributed by atoms with Gasteiger partial charge in [0.15, 0.2) is 11.6 Å². The molecule has 0 saturated heterocycles. The third-order valence-electron chi connectivity index (χ3n) is 5.25. The van der Waals surface area contributed by atoms with Gasteiger partial charge in [-0.25, -0.2) is 9.78 Å². The van der Waals surface area contributed by atoms with E-state index in [2.05, 4.69) is 19.8 Å².